The summed E-state index contributed by atoms with van der Waals surface area (Å²) >= 11 is 0. The molecule has 2 atom stereocenters. The molecule has 49 heavy (non-hydrogen) atoms. The quantitative estimate of drug-likeness (QED) is 0.177. The van der Waals surface area contributed by atoms with E-state index in [2.05, 4.69) is 155 Å². The Labute approximate surface area is 284 Å². The number of fused-ring (bicyclic) bond motifs is 8. The zero-order valence-electron chi connectivity index (χ0n) is 26.6. The zero-order chi connectivity index (χ0) is 32.3. The van der Waals surface area contributed by atoms with E-state index in [0.29, 0.717) is 11.8 Å². The van der Waals surface area contributed by atoms with Crippen LogP contribution in [0.1, 0.15) is 11.5 Å². The third kappa shape index (κ3) is 4.49. The average molecular weight is 630 g/mol. The Bertz CT molecular complexity index is 2570. The largest absolute Gasteiger partial charge is 0.435 e. The molecule has 4 nitrogen and oxygen atoms in total. The molecule has 1 aliphatic carbocycles. The molecule has 232 valence electrons. The summed E-state index contributed by atoms with van der Waals surface area (Å²) in [5.41, 5.74) is 9.69. The fraction of sp³-hybridized carbons (Fsp3) is 0.0444. The van der Waals surface area contributed by atoms with Crippen LogP contribution in [0.2, 0.25) is 0 Å². The third-order valence-corrected chi connectivity index (χ3v) is 9.96. The van der Waals surface area contributed by atoms with Crippen molar-refractivity contribution >= 4 is 61.1 Å². The zero-order valence-corrected chi connectivity index (χ0v) is 26.6. The van der Waals surface area contributed by atoms with Crippen molar-refractivity contribution in [2.75, 3.05) is 9.80 Å². The van der Waals surface area contributed by atoms with Crippen LogP contribution in [-0.4, -0.2) is 11.0 Å². The molecule has 0 spiro atoms. The number of nitrogens with zero attached hydrogens (tertiary/aromatic N) is 3. The Balaban J connectivity index is 1.17. The molecule has 0 saturated carbocycles. The number of benzene rings is 7. The number of allylic oxidation sites excluding steroid dienone is 2. The van der Waals surface area contributed by atoms with Crippen molar-refractivity contribution in [2.24, 2.45) is 0 Å². The maximum atomic E-state index is 6.55. The molecule has 2 heterocycles. The van der Waals surface area contributed by atoms with Gasteiger partial charge >= 0.3 is 0 Å². The van der Waals surface area contributed by atoms with Gasteiger partial charge in [0.05, 0.1) is 6.04 Å². The summed E-state index contributed by atoms with van der Waals surface area (Å²) in [4.78, 5) is 9.76. The van der Waals surface area contributed by atoms with E-state index in [1.54, 1.807) is 0 Å². The van der Waals surface area contributed by atoms with Crippen molar-refractivity contribution in [3.63, 3.8) is 0 Å². The van der Waals surface area contributed by atoms with Crippen LogP contribution < -0.4 is 9.80 Å². The topological polar surface area (TPSA) is 32.5 Å². The Hall–Kier alpha value is -6.39. The summed E-state index contributed by atoms with van der Waals surface area (Å²) in [6.45, 7) is 0. The van der Waals surface area contributed by atoms with Crippen LogP contribution in [-0.2, 0) is 0 Å². The van der Waals surface area contributed by atoms with Gasteiger partial charge in [-0.2, -0.15) is 0 Å². The van der Waals surface area contributed by atoms with Gasteiger partial charge in [-0.05, 0) is 88.5 Å². The molecule has 10 rings (SSSR count). The van der Waals surface area contributed by atoms with Gasteiger partial charge in [0.2, 0.25) is 5.89 Å². The van der Waals surface area contributed by atoms with Crippen molar-refractivity contribution in [2.45, 2.75) is 12.0 Å². The minimum absolute atomic E-state index is 0.236. The molecule has 0 radical (unpaired) electrons. The number of rotatable bonds is 5. The lowest BCUT2D eigenvalue weighted by Crippen LogP contribution is -2.28. The first-order valence-corrected chi connectivity index (χ1v) is 16.8. The molecule has 4 heteroatoms. The highest BCUT2D eigenvalue weighted by molar-refractivity contribution is 6.18. The Morgan fingerprint density at radius 3 is 2.10 bits per heavy atom. The van der Waals surface area contributed by atoms with Crippen LogP contribution in [0.4, 0.5) is 28.4 Å². The van der Waals surface area contributed by atoms with E-state index < -0.39 is 0 Å². The average Bonchev–Trinajstić information content (AvgIpc) is 3.75. The SMILES string of the molecule is C1=CC2c3ccc(N(c4ccccc4)c4ccc5ccc6ccc7nc(-c8ccccc8)oc7c6c5c4)cc3N(c3ccccc3)C2C=C1. The summed E-state index contributed by atoms with van der Waals surface area (Å²) in [6.07, 6.45) is 9.02. The lowest BCUT2D eigenvalue weighted by Gasteiger charge is -2.30. The van der Waals surface area contributed by atoms with Crippen molar-refractivity contribution in [3.8, 4) is 11.5 Å². The predicted octanol–water partition coefficient (Wildman–Crippen LogP) is 12.0. The second-order valence-electron chi connectivity index (χ2n) is 12.8. The maximum absolute atomic E-state index is 6.55. The van der Waals surface area contributed by atoms with Gasteiger partial charge in [-0.1, -0.05) is 109 Å². The molecule has 0 N–H and O–H groups in total. The summed E-state index contributed by atoms with van der Waals surface area (Å²) in [5, 5.41) is 4.48. The number of hydrogen-bond acceptors (Lipinski definition) is 4. The second-order valence-corrected chi connectivity index (χ2v) is 12.8. The molecular weight excluding hydrogens is 599 g/mol. The van der Waals surface area contributed by atoms with E-state index in [-0.39, 0.29) is 6.04 Å². The molecule has 0 amide bonds. The highest BCUT2D eigenvalue weighted by Crippen LogP contribution is 2.50. The molecule has 1 aromatic heterocycles. The Kier molecular flexibility index (Phi) is 6.28. The lowest BCUT2D eigenvalue weighted by molar-refractivity contribution is 0.623. The van der Waals surface area contributed by atoms with Crippen LogP contribution in [0.25, 0.3) is 44.1 Å². The maximum Gasteiger partial charge on any atom is 0.227 e. The van der Waals surface area contributed by atoms with Crippen molar-refractivity contribution in [1.29, 1.82) is 0 Å². The van der Waals surface area contributed by atoms with E-state index >= 15 is 0 Å². The Morgan fingerprint density at radius 2 is 1.27 bits per heavy atom. The van der Waals surface area contributed by atoms with Gasteiger partial charge in [0.15, 0.2) is 5.58 Å². The van der Waals surface area contributed by atoms with Crippen LogP contribution in [0, 0.1) is 0 Å². The molecule has 0 saturated heterocycles. The summed E-state index contributed by atoms with van der Waals surface area (Å²) in [7, 11) is 0. The van der Waals surface area contributed by atoms with Gasteiger partial charge in [-0.3, -0.25) is 0 Å². The monoisotopic (exact) mass is 629 g/mol. The van der Waals surface area contributed by atoms with Crippen molar-refractivity contribution < 1.29 is 4.42 Å². The lowest BCUT2D eigenvalue weighted by atomic mass is 9.91. The first-order valence-electron chi connectivity index (χ1n) is 16.8. The number of aromatic nitrogens is 1. The highest BCUT2D eigenvalue weighted by atomic mass is 16.3. The third-order valence-electron chi connectivity index (χ3n) is 9.96. The first-order chi connectivity index (χ1) is 24.3. The predicted molar refractivity (Wildman–Crippen MR) is 203 cm³/mol. The summed E-state index contributed by atoms with van der Waals surface area (Å²) < 4.78 is 6.55. The second kappa shape index (κ2) is 11.1. The molecular formula is C45H31N3O. The fourth-order valence-electron chi connectivity index (χ4n) is 7.73. The fourth-order valence-corrected chi connectivity index (χ4v) is 7.73. The van der Waals surface area contributed by atoms with Gasteiger partial charge in [0.1, 0.15) is 5.52 Å². The van der Waals surface area contributed by atoms with E-state index in [1.165, 1.54) is 16.9 Å². The van der Waals surface area contributed by atoms with Gasteiger partial charge in [0.25, 0.3) is 0 Å². The minimum atomic E-state index is 0.236. The number of hydrogen-bond donors (Lipinski definition) is 0. The Morgan fingerprint density at radius 1 is 0.592 bits per heavy atom. The van der Waals surface area contributed by atoms with Crippen molar-refractivity contribution in [1.82, 2.24) is 4.98 Å². The smallest absolute Gasteiger partial charge is 0.227 e. The van der Waals surface area contributed by atoms with E-state index in [9.17, 15) is 0 Å². The van der Waals surface area contributed by atoms with Crippen molar-refractivity contribution in [3.05, 3.63) is 182 Å². The first kappa shape index (κ1) is 27.7. The molecule has 2 unspecified atom stereocenters. The van der Waals surface area contributed by atoms with Crippen LogP contribution in [0.15, 0.2) is 180 Å². The number of para-hydroxylation sites is 2. The minimum Gasteiger partial charge on any atom is -0.435 e. The van der Waals surface area contributed by atoms with Gasteiger partial charge in [-0.25, -0.2) is 4.98 Å². The van der Waals surface area contributed by atoms with E-state index in [0.717, 1.165) is 55.3 Å². The summed E-state index contributed by atoms with van der Waals surface area (Å²) in [5.74, 6) is 0.935. The molecule has 2 aliphatic rings. The molecule has 1 aliphatic heterocycles. The van der Waals surface area contributed by atoms with Crippen LogP contribution in [0.5, 0.6) is 0 Å². The van der Waals surface area contributed by atoms with Gasteiger partial charge in [0, 0.05) is 45.3 Å². The summed E-state index contributed by atoms with van der Waals surface area (Å²) in [6, 6.07) is 54.1. The molecule has 0 bridgehead atoms. The van der Waals surface area contributed by atoms with Crippen LogP contribution >= 0.6 is 0 Å². The van der Waals surface area contributed by atoms with E-state index in [4.69, 9.17) is 9.40 Å². The standard InChI is InChI=1S/C45H31N3O/c1-4-12-32(13-5-1)45-46-40-27-23-31-21-20-30-22-24-35(28-39(30)43(31)44(40)49-45)47(33-14-6-2-7-15-33)36-25-26-38-37-18-10-11-19-41(37)48(42(38)29-36)34-16-8-3-9-17-34/h1-29,37,41H. The van der Waals surface area contributed by atoms with Gasteiger partial charge < -0.3 is 14.2 Å². The molecule has 0 fully saturated rings. The van der Waals surface area contributed by atoms with Crippen LogP contribution in [0.3, 0.4) is 0 Å². The normalized spacial score (nSPS) is 16.4. The number of anilines is 5. The number of oxazole rings is 1. The van der Waals surface area contributed by atoms with E-state index in [1.807, 2.05) is 30.3 Å². The molecule has 8 aromatic rings. The highest BCUT2D eigenvalue weighted by Gasteiger charge is 2.37. The molecule has 7 aromatic carbocycles. The van der Waals surface area contributed by atoms with Gasteiger partial charge in [-0.15, -0.1) is 0 Å².